The Labute approximate surface area is 155 Å². The molecule has 2 heterocycles. The fourth-order valence-corrected chi connectivity index (χ4v) is 3.97. The lowest BCUT2D eigenvalue weighted by atomic mass is 10.1. The quantitative estimate of drug-likeness (QED) is 0.665. The number of guanidine groups is 1. The van der Waals surface area contributed by atoms with Crippen LogP contribution in [0.25, 0.3) is 0 Å². The lowest BCUT2D eigenvalue weighted by Gasteiger charge is -2.29. The van der Waals surface area contributed by atoms with Crippen LogP contribution >= 0.6 is 0 Å². The number of halogens is 1. The van der Waals surface area contributed by atoms with Gasteiger partial charge < -0.3 is 15.1 Å². The van der Waals surface area contributed by atoms with E-state index in [4.69, 9.17) is 5.26 Å². The minimum atomic E-state index is -0.295. The summed E-state index contributed by atoms with van der Waals surface area (Å²) in [6.07, 6.45) is 5.20. The van der Waals surface area contributed by atoms with E-state index >= 15 is 0 Å². The second kappa shape index (κ2) is 9.00. The molecule has 1 aromatic rings. The maximum absolute atomic E-state index is 14.0. The monoisotopic (exact) mass is 357 g/mol. The van der Waals surface area contributed by atoms with Crippen molar-refractivity contribution < 1.29 is 4.39 Å². The molecule has 0 amide bonds. The molecule has 26 heavy (non-hydrogen) atoms. The first-order valence-electron chi connectivity index (χ1n) is 9.56. The van der Waals surface area contributed by atoms with Crippen LogP contribution in [0.2, 0.25) is 0 Å². The van der Waals surface area contributed by atoms with E-state index in [2.05, 4.69) is 26.2 Å². The van der Waals surface area contributed by atoms with E-state index in [-0.39, 0.29) is 5.82 Å². The molecule has 0 spiro atoms. The SMILES string of the molecule is CN=C(NCc1cc(C#N)ccc1F)N1CCC(CN2CCCCC2)C1. The third-order valence-electron chi connectivity index (χ3n) is 5.37. The van der Waals surface area contributed by atoms with Crippen molar-refractivity contribution in [3.05, 3.63) is 35.1 Å². The van der Waals surface area contributed by atoms with Gasteiger partial charge in [-0.1, -0.05) is 6.42 Å². The van der Waals surface area contributed by atoms with Crippen LogP contribution < -0.4 is 5.32 Å². The topological polar surface area (TPSA) is 54.7 Å². The summed E-state index contributed by atoms with van der Waals surface area (Å²) in [4.78, 5) is 9.23. The van der Waals surface area contributed by atoms with Crippen LogP contribution in [0.4, 0.5) is 4.39 Å². The fourth-order valence-electron chi connectivity index (χ4n) is 3.97. The highest BCUT2D eigenvalue weighted by Crippen LogP contribution is 2.20. The summed E-state index contributed by atoms with van der Waals surface area (Å²) in [7, 11) is 1.77. The van der Waals surface area contributed by atoms with Crippen LogP contribution in [0.1, 0.15) is 36.8 Å². The Bertz CT molecular complexity index is 675. The number of nitriles is 1. The van der Waals surface area contributed by atoms with Crippen LogP contribution in [-0.2, 0) is 6.54 Å². The number of likely N-dealkylation sites (tertiary alicyclic amines) is 2. The summed E-state index contributed by atoms with van der Waals surface area (Å²) in [5.74, 6) is 1.19. The number of aliphatic imine (C=N–C) groups is 1. The van der Waals surface area contributed by atoms with E-state index in [0.29, 0.717) is 23.6 Å². The predicted molar refractivity (Wildman–Crippen MR) is 101 cm³/mol. The molecule has 0 bridgehead atoms. The number of piperidine rings is 1. The zero-order valence-electron chi connectivity index (χ0n) is 15.5. The van der Waals surface area contributed by atoms with Gasteiger partial charge in [0.2, 0.25) is 0 Å². The molecule has 0 aromatic heterocycles. The lowest BCUT2D eigenvalue weighted by molar-refractivity contribution is 0.198. The second-order valence-electron chi connectivity index (χ2n) is 7.28. The van der Waals surface area contributed by atoms with Gasteiger partial charge in [0.1, 0.15) is 5.82 Å². The molecule has 1 unspecified atom stereocenters. The highest BCUT2D eigenvalue weighted by atomic mass is 19.1. The molecule has 0 radical (unpaired) electrons. The van der Waals surface area contributed by atoms with Crippen LogP contribution in [-0.4, -0.2) is 55.5 Å². The molecule has 0 saturated carbocycles. The smallest absolute Gasteiger partial charge is 0.193 e. The number of rotatable bonds is 4. The number of nitrogens with zero attached hydrogens (tertiary/aromatic N) is 4. The normalized spacial score (nSPS) is 21.7. The summed E-state index contributed by atoms with van der Waals surface area (Å²) < 4.78 is 14.0. The van der Waals surface area contributed by atoms with Crippen LogP contribution in [0, 0.1) is 23.1 Å². The molecule has 1 aromatic carbocycles. The van der Waals surface area contributed by atoms with E-state index in [1.807, 2.05) is 0 Å². The Kier molecular flexibility index (Phi) is 6.45. The maximum atomic E-state index is 14.0. The van der Waals surface area contributed by atoms with Crippen molar-refractivity contribution in [2.24, 2.45) is 10.9 Å². The van der Waals surface area contributed by atoms with Crippen LogP contribution in [0.3, 0.4) is 0 Å². The number of hydrogen-bond donors (Lipinski definition) is 1. The molecular formula is C20H28FN5. The molecule has 2 saturated heterocycles. The van der Waals surface area contributed by atoms with Crippen molar-refractivity contribution in [2.45, 2.75) is 32.2 Å². The average molecular weight is 357 g/mol. The molecular weight excluding hydrogens is 329 g/mol. The Balaban J connectivity index is 1.52. The van der Waals surface area contributed by atoms with Gasteiger partial charge in [-0.3, -0.25) is 4.99 Å². The Morgan fingerprint density at radius 1 is 1.31 bits per heavy atom. The molecule has 1 atom stereocenters. The van der Waals surface area contributed by atoms with Crippen LogP contribution in [0.15, 0.2) is 23.2 Å². The maximum Gasteiger partial charge on any atom is 0.193 e. The molecule has 5 nitrogen and oxygen atoms in total. The molecule has 2 aliphatic rings. The van der Waals surface area contributed by atoms with E-state index in [0.717, 1.165) is 19.0 Å². The van der Waals surface area contributed by atoms with Gasteiger partial charge in [0.15, 0.2) is 5.96 Å². The van der Waals surface area contributed by atoms with Gasteiger partial charge in [-0.25, -0.2) is 4.39 Å². The van der Waals surface area contributed by atoms with Crippen molar-refractivity contribution in [1.82, 2.24) is 15.1 Å². The number of hydrogen-bond acceptors (Lipinski definition) is 3. The van der Waals surface area contributed by atoms with Gasteiger partial charge in [0.05, 0.1) is 11.6 Å². The van der Waals surface area contributed by atoms with E-state index in [1.165, 1.54) is 57.5 Å². The summed E-state index contributed by atoms with van der Waals surface area (Å²) in [6, 6.07) is 6.50. The zero-order chi connectivity index (χ0) is 18.4. The molecule has 2 fully saturated rings. The third-order valence-corrected chi connectivity index (χ3v) is 5.37. The largest absolute Gasteiger partial charge is 0.352 e. The van der Waals surface area contributed by atoms with Crippen molar-refractivity contribution >= 4 is 5.96 Å². The van der Waals surface area contributed by atoms with E-state index < -0.39 is 0 Å². The van der Waals surface area contributed by atoms with Gasteiger partial charge in [-0.15, -0.1) is 0 Å². The summed E-state index contributed by atoms with van der Waals surface area (Å²) in [5.41, 5.74) is 0.968. The highest BCUT2D eigenvalue weighted by Gasteiger charge is 2.27. The van der Waals surface area contributed by atoms with Crippen molar-refractivity contribution in [2.75, 3.05) is 39.8 Å². The zero-order valence-corrected chi connectivity index (χ0v) is 15.5. The minimum Gasteiger partial charge on any atom is -0.352 e. The number of benzene rings is 1. The van der Waals surface area contributed by atoms with Crippen molar-refractivity contribution in [3.63, 3.8) is 0 Å². The standard InChI is InChI=1S/C20H28FN5/c1-23-20(24-13-18-11-16(12-22)5-6-19(18)21)26-10-7-17(15-26)14-25-8-3-2-4-9-25/h5-6,11,17H,2-4,7-10,13-15H2,1H3,(H,23,24). The summed E-state index contributed by atoms with van der Waals surface area (Å²) >= 11 is 0. The van der Waals surface area contributed by atoms with Gasteiger partial charge in [0, 0.05) is 38.8 Å². The Morgan fingerprint density at radius 2 is 2.12 bits per heavy atom. The molecule has 140 valence electrons. The predicted octanol–water partition coefficient (Wildman–Crippen LogP) is 2.58. The van der Waals surface area contributed by atoms with E-state index in [9.17, 15) is 4.39 Å². The molecule has 1 N–H and O–H groups in total. The van der Waals surface area contributed by atoms with Crippen molar-refractivity contribution in [3.8, 4) is 6.07 Å². The van der Waals surface area contributed by atoms with Crippen molar-refractivity contribution in [1.29, 1.82) is 5.26 Å². The van der Waals surface area contributed by atoms with Crippen LogP contribution in [0.5, 0.6) is 0 Å². The van der Waals surface area contributed by atoms with Gasteiger partial charge in [-0.2, -0.15) is 5.26 Å². The highest BCUT2D eigenvalue weighted by molar-refractivity contribution is 5.80. The lowest BCUT2D eigenvalue weighted by Crippen LogP contribution is -2.41. The summed E-state index contributed by atoms with van der Waals surface area (Å²) in [6.45, 7) is 5.96. The first kappa shape index (κ1) is 18.7. The molecule has 2 aliphatic heterocycles. The Morgan fingerprint density at radius 3 is 2.85 bits per heavy atom. The average Bonchev–Trinajstić information content (AvgIpc) is 3.12. The third kappa shape index (κ3) is 4.73. The van der Waals surface area contributed by atoms with Gasteiger partial charge in [0.25, 0.3) is 0 Å². The van der Waals surface area contributed by atoms with E-state index in [1.54, 1.807) is 13.1 Å². The number of nitrogens with one attached hydrogen (secondary N) is 1. The minimum absolute atomic E-state index is 0.295. The first-order valence-corrected chi connectivity index (χ1v) is 9.56. The fraction of sp³-hybridized carbons (Fsp3) is 0.600. The first-order chi connectivity index (χ1) is 12.7. The molecule has 3 rings (SSSR count). The second-order valence-corrected chi connectivity index (χ2v) is 7.28. The molecule has 6 heteroatoms. The summed E-state index contributed by atoms with van der Waals surface area (Å²) in [5, 5.41) is 12.2. The Hall–Kier alpha value is -2.13. The van der Waals surface area contributed by atoms with Gasteiger partial charge in [-0.05, 0) is 56.5 Å². The molecule has 0 aliphatic carbocycles. The van der Waals surface area contributed by atoms with Gasteiger partial charge >= 0.3 is 0 Å².